The van der Waals surface area contributed by atoms with Crippen LogP contribution in [0.15, 0.2) is 12.2 Å². The monoisotopic (exact) mass is 310 g/mol. The SMILES string of the molecule is CCOC(CCNC(=O)N[C@@H]1C=C[C@H](CO)C1)C1CCCC1. The van der Waals surface area contributed by atoms with Crippen LogP contribution < -0.4 is 10.6 Å². The molecule has 2 aliphatic carbocycles. The number of hydrogen-bond acceptors (Lipinski definition) is 3. The highest BCUT2D eigenvalue weighted by atomic mass is 16.5. The van der Waals surface area contributed by atoms with Crippen LogP contribution in [0.2, 0.25) is 0 Å². The van der Waals surface area contributed by atoms with E-state index in [0.29, 0.717) is 12.5 Å². The first-order chi connectivity index (χ1) is 10.7. The minimum atomic E-state index is -0.130. The fraction of sp³-hybridized carbons (Fsp3) is 0.824. The van der Waals surface area contributed by atoms with Crippen molar-refractivity contribution in [2.75, 3.05) is 19.8 Å². The van der Waals surface area contributed by atoms with Crippen LogP contribution in [-0.2, 0) is 4.74 Å². The van der Waals surface area contributed by atoms with E-state index in [2.05, 4.69) is 10.6 Å². The Morgan fingerprint density at radius 2 is 2.14 bits per heavy atom. The molecule has 5 nitrogen and oxygen atoms in total. The second-order valence-corrected chi connectivity index (χ2v) is 6.40. The number of aliphatic hydroxyl groups is 1. The average molecular weight is 310 g/mol. The molecule has 1 saturated carbocycles. The molecule has 126 valence electrons. The van der Waals surface area contributed by atoms with E-state index in [0.717, 1.165) is 19.4 Å². The Balaban J connectivity index is 1.64. The first-order valence-corrected chi connectivity index (χ1v) is 8.68. The Morgan fingerprint density at radius 1 is 1.36 bits per heavy atom. The van der Waals surface area contributed by atoms with Crippen molar-refractivity contribution in [1.29, 1.82) is 0 Å². The number of urea groups is 1. The Morgan fingerprint density at radius 3 is 2.77 bits per heavy atom. The smallest absolute Gasteiger partial charge is 0.315 e. The van der Waals surface area contributed by atoms with Gasteiger partial charge in [-0.05, 0) is 38.5 Å². The summed E-state index contributed by atoms with van der Waals surface area (Å²) in [6.45, 7) is 3.56. The lowest BCUT2D eigenvalue weighted by Crippen LogP contribution is -2.42. The van der Waals surface area contributed by atoms with Crippen molar-refractivity contribution < 1.29 is 14.6 Å². The van der Waals surface area contributed by atoms with E-state index in [1.807, 2.05) is 19.1 Å². The zero-order chi connectivity index (χ0) is 15.8. The molecule has 1 unspecified atom stereocenters. The van der Waals surface area contributed by atoms with Gasteiger partial charge in [0.1, 0.15) is 0 Å². The van der Waals surface area contributed by atoms with E-state index in [1.165, 1.54) is 25.7 Å². The van der Waals surface area contributed by atoms with Crippen molar-refractivity contribution in [2.45, 2.75) is 57.6 Å². The molecule has 3 atom stereocenters. The summed E-state index contributed by atoms with van der Waals surface area (Å²) in [7, 11) is 0. The summed E-state index contributed by atoms with van der Waals surface area (Å²) in [5.41, 5.74) is 0. The van der Waals surface area contributed by atoms with Gasteiger partial charge in [-0.25, -0.2) is 4.79 Å². The standard InChI is InChI=1S/C17H30N2O3/c1-2-22-16(14-5-3-4-6-14)9-10-18-17(21)19-15-8-7-13(11-15)12-20/h7-8,13-16,20H,2-6,9-12H2,1H3,(H2,18,19,21)/t13-,15+,16?/m0/s1. The fourth-order valence-electron chi connectivity index (χ4n) is 3.56. The number of rotatable bonds is 8. The zero-order valence-electron chi connectivity index (χ0n) is 13.6. The van der Waals surface area contributed by atoms with Crippen molar-refractivity contribution in [3.63, 3.8) is 0 Å². The molecule has 0 heterocycles. The third-order valence-electron chi connectivity index (χ3n) is 4.74. The lowest BCUT2D eigenvalue weighted by atomic mass is 9.98. The molecule has 22 heavy (non-hydrogen) atoms. The van der Waals surface area contributed by atoms with Gasteiger partial charge in [-0.1, -0.05) is 25.0 Å². The van der Waals surface area contributed by atoms with E-state index >= 15 is 0 Å². The molecule has 0 aromatic carbocycles. The number of aliphatic hydroxyl groups excluding tert-OH is 1. The third-order valence-corrected chi connectivity index (χ3v) is 4.74. The first-order valence-electron chi connectivity index (χ1n) is 8.68. The summed E-state index contributed by atoms with van der Waals surface area (Å²) in [6.07, 6.45) is 11.0. The molecule has 2 amide bonds. The molecule has 2 rings (SSSR count). The second kappa shape index (κ2) is 9.16. The number of carbonyl (C=O) groups excluding carboxylic acids is 1. The highest BCUT2D eigenvalue weighted by Crippen LogP contribution is 2.30. The van der Waals surface area contributed by atoms with Crippen LogP contribution in [0.5, 0.6) is 0 Å². The number of amides is 2. The van der Waals surface area contributed by atoms with Gasteiger partial charge >= 0.3 is 6.03 Å². The van der Waals surface area contributed by atoms with Crippen molar-refractivity contribution in [3.05, 3.63) is 12.2 Å². The number of carbonyl (C=O) groups is 1. The van der Waals surface area contributed by atoms with Crippen LogP contribution in [0.25, 0.3) is 0 Å². The molecule has 1 fully saturated rings. The Bertz CT molecular complexity index is 367. The van der Waals surface area contributed by atoms with E-state index in [9.17, 15) is 4.79 Å². The zero-order valence-corrected chi connectivity index (χ0v) is 13.6. The van der Waals surface area contributed by atoms with Crippen LogP contribution >= 0.6 is 0 Å². The van der Waals surface area contributed by atoms with Gasteiger partial charge in [0, 0.05) is 31.7 Å². The topological polar surface area (TPSA) is 70.6 Å². The highest BCUT2D eigenvalue weighted by Gasteiger charge is 2.25. The predicted octanol–water partition coefficient (Wildman–Crippen LogP) is 2.21. The van der Waals surface area contributed by atoms with Crippen molar-refractivity contribution in [1.82, 2.24) is 10.6 Å². The van der Waals surface area contributed by atoms with E-state index in [-0.39, 0.29) is 30.7 Å². The van der Waals surface area contributed by atoms with Crippen molar-refractivity contribution in [3.8, 4) is 0 Å². The Hall–Kier alpha value is -1.07. The summed E-state index contributed by atoms with van der Waals surface area (Å²) < 4.78 is 5.86. The average Bonchev–Trinajstić information content (AvgIpc) is 3.17. The molecule has 0 saturated heterocycles. The van der Waals surface area contributed by atoms with Crippen LogP contribution in [0.1, 0.15) is 45.4 Å². The maximum absolute atomic E-state index is 11.9. The highest BCUT2D eigenvalue weighted by molar-refractivity contribution is 5.74. The van der Waals surface area contributed by atoms with Gasteiger partial charge in [0.2, 0.25) is 0 Å². The lowest BCUT2D eigenvalue weighted by Gasteiger charge is -2.23. The Labute approximate surface area is 133 Å². The molecule has 2 aliphatic rings. The van der Waals surface area contributed by atoms with Crippen LogP contribution in [0.3, 0.4) is 0 Å². The summed E-state index contributed by atoms with van der Waals surface area (Å²) in [4.78, 5) is 11.9. The second-order valence-electron chi connectivity index (χ2n) is 6.40. The summed E-state index contributed by atoms with van der Waals surface area (Å²) in [5, 5.41) is 14.9. The van der Waals surface area contributed by atoms with Gasteiger partial charge in [0.05, 0.1) is 6.10 Å². The van der Waals surface area contributed by atoms with Gasteiger partial charge in [-0.15, -0.1) is 0 Å². The van der Waals surface area contributed by atoms with Crippen LogP contribution in [-0.4, -0.2) is 43.0 Å². The molecule has 0 spiro atoms. The molecule has 3 N–H and O–H groups in total. The molecule has 0 aromatic heterocycles. The maximum atomic E-state index is 11.9. The summed E-state index contributed by atoms with van der Waals surface area (Å²) in [5.74, 6) is 0.836. The number of ether oxygens (including phenoxy) is 1. The Kier molecular flexibility index (Phi) is 7.19. The van der Waals surface area contributed by atoms with Gasteiger partial charge in [0.15, 0.2) is 0 Å². The van der Waals surface area contributed by atoms with Crippen molar-refractivity contribution in [2.24, 2.45) is 11.8 Å². The van der Waals surface area contributed by atoms with Gasteiger partial charge in [0.25, 0.3) is 0 Å². The normalized spacial score (nSPS) is 26.3. The fourth-order valence-corrected chi connectivity index (χ4v) is 3.56. The maximum Gasteiger partial charge on any atom is 0.315 e. The molecule has 0 radical (unpaired) electrons. The largest absolute Gasteiger partial charge is 0.396 e. The molecule has 0 aromatic rings. The third kappa shape index (κ3) is 5.29. The van der Waals surface area contributed by atoms with E-state index in [4.69, 9.17) is 9.84 Å². The summed E-state index contributed by atoms with van der Waals surface area (Å²) >= 11 is 0. The predicted molar refractivity (Wildman–Crippen MR) is 86.6 cm³/mol. The molecule has 0 bridgehead atoms. The van der Waals surface area contributed by atoms with Crippen LogP contribution in [0, 0.1) is 11.8 Å². The molecular weight excluding hydrogens is 280 g/mol. The molecule has 5 heteroatoms. The van der Waals surface area contributed by atoms with E-state index < -0.39 is 0 Å². The molecule has 0 aliphatic heterocycles. The van der Waals surface area contributed by atoms with Crippen molar-refractivity contribution >= 4 is 6.03 Å². The number of nitrogens with one attached hydrogen (secondary N) is 2. The lowest BCUT2D eigenvalue weighted by molar-refractivity contribution is 0.0167. The molecular formula is C17H30N2O3. The quantitative estimate of drug-likeness (QED) is 0.602. The minimum absolute atomic E-state index is 0.0367. The van der Waals surface area contributed by atoms with Gasteiger partial charge < -0.3 is 20.5 Å². The van der Waals surface area contributed by atoms with E-state index in [1.54, 1.807) is 0 Å². The summed E-state index contributed by atoms with van der Waals surface area (Å²) in [6, 6.07) is -0.0930. The minimum Gasteiger partial charge on any atom is -0.396 e. The van der Waals surface area contributed by atoms with Gasteiger partial charge in [-0.2, -0.15) is 0 Å². The van der Waals surface area contributed by atoms with Crippen LogP contribution in [0.4, 0.5) is 4.79 Å². The first kappa shape index (κ1) is 17.3. The number of hydrogen-bond donors (Lipinski definition) is 3. The van der Waals surface area contributed by atoms with Gasteiger partial charge in [-0.3, -0.25) is 0 Å².